The minimum Gasteiger partial charge on any atom is -0.466 e. The second kappa shape index (κ2) is 70.8. The van der Waals surface area contributed by atoms with E-state index in [4.69, 9.17) is 4.74 Å². The lowest BCUT2D eigenvalue weighted by molar-refractivity contribution is -0.143. The quantitative estimate of drug-likeness (QED) is 0.0320. The number of esters is 1. The van der Waals surface area contributed by atoms with Crippen molar-refractivity contribution in [3.8, 4) is 0 Å². The molecule has 0 bridgehead atoms. The smallest absolute Gasteiger partial charge is 0.305 e. The fourth-order valence-corrected chi connectivity index (χ4v) is 11.9. The Hall–Kier alpha value is -1.66. The summed E-state index contributed by atoms with van der Waals surface area (Å²) in [4.78, 5) is 24.6. The Bertz CT molecular complexity index is 1270. The molecule has 6 heteroatoms. The van der Waals surface area contributed by atoms with Crippen LogP contribution in [0.25, 0.3) is 0 Å². The van der Waals surface area contributed by atoms with Crippen molar-refractivity contribution in [3.05, 3.63) is 24.3 Å². The second-order valence-electron chi connectivity index (χ2n) is 25.6. The average Bonchev–Trinajstić information content (AvgIpc) is 3.47. The molecule has 6 nitrogen and oxygen atoms in total. The maximum absolute atomic E-state index is 12.5. The van der Waals surface area contributed by atoms with Crippen molar-refractivity contribution in [2.75, 3.05) is 13.2 Å². The van der Waals surface area contributed by atoms with Gasteiger partial charge in [0.2, 0.25) is 5.91 Å². The van der Waals surface area contributed by atoms with E-state index in [1.807, 2.05) is 0 Å². The van der Waals surface area contributed by atoms with Crippen LogP contribution in [0.3, 0.4) is 0 Å². The molecule has 0 saturated carbocycles. The van der Waals surface area contributed by atoms with Crippen LogP contribution in [0.15, 0.2) is 24.3 Å². The van der Waals surface area contributed by atoms with Crippen molar-refractivity contribution in [3.63, 3.8) is 0 Å². The van der Waals surface area contributed by atoms with Gasteiger partial charge in [-0.1, -0.05) is 372 Å². The fraction of sp³-hybridized carbons (Fsp3) is 0.920. The summed E-state index contributed by atoms with van der Waals surface area (Å²) in [5.41, 5.74) is 0. The minimum absolute atomic E-state index is 0.0124. The molecule has 0 aromatic rings. The third-order valence-electron chi connectivity index (χ3n) is 17.5. The Morgan fingerprint density at radius 1 is 0.346 bits per heavy atom. The van der Waals surface area contributed by atoms with E-state index in [0.717, 1.165) is 51.4 Å². The van der Waals surface area contributed by atoms with Gasteiger partial charge >= 0.3 is 5.97 Å². The van der Waals surface area contributed by atoms with Gasteiger partial charge in [-0.2, -0.15) is 0 Å². The van der Waals surface area contributed by atoms with Gasteiger partial charge < -0.3 is 20.3 Å². The highest BCUT2D eigenvalue weighted by Gasteiger charge is 2.20. The first kappa shape index (κ1) is 79.3. The Kier molecular flexibility index (Phi) is 69.4. The van der Waals surface area contributed by atoms with Crippen LogP contribution in [0, 0.1) is 0 Å². The number of carbonyl (C=O) groups is 2. The molecule has 3 N–H and O–H groups in total. The number of nitrogens with one attached hydrogen (secondary N) is 1. The number of aliphatic hydroxyl groups is 2. The molecular formula is C75H145NO5. The molecule has 0 rings (SSSR count). The highest BCUT2D eigenvalue weighted by Crippen LogP contribution is 2.19. The summed E-state index contributed by atoms with van der Waals surface area (Å²) in [6.45, 7) is 4.98. The first-order valence-electron chi connectivity index (χ1n) is 37.1. The molecular weight excluding hydrogens is 995 g/mol. The van der Waals surface area contributed by atoms with Gasteiger partial charge in [0.05, 0.1) is 25.4 Å². The molecule has 0 spiro atoms. The first-order valence-corrected chi connectivity index (χ1v) is 37.1. The molecule has 0 heterocycles. The highest BCUT2D eigenvalue weighted by molar-refractivity contribution is 5.76. The Morgan fingerprint density at radius 3 is 0.951 bits per heavy atom. The van der Waals surface area contributed by atoms with Gasteiger partial charge in [0.25, 0.3) is 0 Å². The second-order valence-corrected chi connectivity index (χ2v) is 25.6. The number of allylic oxidation sites excluding steroid dienone is 4. The van der Waals surface area contributed by atoms with Gasteiger partial charge in [0, 0.05) is 12.8 Å². The van der Waals surface area contributed by atoms with E-state index >= 15 is 0 Å². The van der Waals surface area contributed by atoms with Crippen molar-refractivity contribution in [2.24, 2.45) is 0 Å². The number of amides is 1. The molecule has 1 amide bonds. The molecule has 480 valence electrons. The molecule has 0 aromatic carbocycles. The normalized spacial score (nSPS) is 12.6. The molecule has 0 saturated heterocycles. The summed E-state index contributed by atoms with van der Waals surface area (Å²) in [5, 5.41) is 23.4. The van der Waals surface area contributed by atoms with Crippen LogP contribution >= 0.6 is 0 Å². The van der Waals surface area contributed by atoms with Gasteiger partial charge in [-0.25, -0.2) is 0 Å². The Balaban J connectivity index is 3.34. The van der Waals surface area contributed by atoms with Crippen LogP contribution in [0.4, 0.5) is 0 Å². The molecule has 81 heavy (non-hydrogen) atoms. The molecule has 2 atom stereocenters. The summed E-state index contributed by atoms with van der Waals surface area (Å²) in [5.74, 6) is -0.0153. The van der Waals surface area contributed by atoms with Crippen molar-refractivity contribution >= 4 is 11.9 Å². The molecule has 0 aliphatic heterocycles. The lowest BCUT2D eigenvalue weighted by atomic mass is 10.0. The van der Waals surface area contributed by atoms with Crippen molar-refractivity contribution < 1.29 is 24.5 Å². The number of aliphatic hydroxyl groups excluding tert-OH is 2. The van der Waals surface area contributed by atoms with E-state index in [1.54, 1.807) is 0 Å². The lowest BCUT2D eigenvalue weighted by Gasteiger charge is -2.22. The van der Waals surface area contributed by atoms with Crippen LogP contribution in [-0.2, 0) is 14.3 Å². The van der Waals surface area contributed by atoms with Gasteiger partial charge in [0.1, 0.15) is 0 Å². The lowest BCUT2D eigenvalue weighted by Crippen LogP contribution is -2.45. The summed E-state index contributed by atoms with van der Waals surface area (Å²) in [6.07, 6.45) is 89.5. The van der Waals surface area contributed by atoms with E-state index in [9.17, 15) is 19.8 Å². The van der Waals surface area contributed by atoms with E-state index in [2.05, 4.69) is 43.5 Å². The SMILES string of the molecule is CCCCCC/C=C\C/C=C\CCCCCCCCCC(=O)OCCCCCCCCCCCCCCCCCCCCCCCCCCCCCCC(=O)NC(CO)C(O)CCCCCCCCCCCCCCCCCCCC. The molecule has 0 radical (unpaired) electrons. The molecule has 0 aliphatic rings. The third-order valence-corrected chi connectivity index (χ3v) is 17.5. The van der Waals surface area contributed by atoms with Gasteiger partial charge in [-0.05, 0) is 57.8 Å². The van der Waals surface area contributed by atoms with Crippen LogP contribution in [0.1, 0.15) is 418 Å². The summed E-state index contributed by atoms with van der Waals surface area (Å²) >= 11 is 0. The standard InChI is InChI=1S/C75H145NO5/c1-3-5-7-9-11-13-15-17-19-21-35-39-43-47-51-55-59-63-67-73(78)72(71-77)76-74(79)68-64-60-56-52-48-44-40-36-33-31-29-27-25-23-24-26-28-30-32-34-38-42-46-50-54-58-62-66-70-81-75(80)69-65-61-57-53-49-45-41-37-22-20-18-16-14-12-10-8-6-4-2/h14,16,20,22,72-73,77-78H,3-13,15,17-19,21,23-71H2,1-2H3,(H,76,79)/b16-14-,22-20-. The first-order chi connectivity index (χ1) is 40.0. The Labute approximate surface area is 507 Å². The minimum atomic E-state index is -0.662. The number of hydrogen-bond acceptors (Lipinski definition) is 5. The van der Waals surface area contributed by atoms with Crippen molar-refractivity contribution in [1.82, 2.24) is 5.32 Å². The number of rotatable bonds is 70. The van der Waals surface area contributed by atoms with Crippen LogP contribution < -0.4 is 5.32 Å². The molecule has 0 fully saturated rings. The monoisotopic (exact) mass is 1140 g/mol. The number of hydrogen-bond donors (Lipinski definition) is 3. The zero-order valence-electron chi connectivity index (χ0n) is 55.0. The Morgan fingerprint density at radius 2 is 0.617 bits per heavy atom. The van der Waals surface area contributed by atoms with E-state index in [-0.39, 0.29) is 18.5 Å². The average molecular weight is 1140 g/mol. The van der Waals surface area contributed by atoms with E-state index in [0.29, 0.717) is 25.9 Å². The molecule has 0 aliphatic carbocycles. The highest BCUT2D eigenvalue weighted by atomic mass is 16.5. The maximum atomic E-state index is 12.5. The van der Waals surface area contributed by atoms with Crippen molar-refractivity contribution in [2.45, 2.75) is 431 Å². The number of unbranched alkanes of at least 4 members (excludes halogenated alkanes) is 55. The topological polar surface area (TPSA) is 95.9 Å². The number of ether oxygens (including phenoxy) is 1. The van der Waals surface area contributed by atoms with E-state index < -0.39 is 12.1 Å². The van der Waals surface area contributed by atoms with Crippen molar-refractivity contribution in [1.29, 1.82) is 0 Å². The summed E-state index contributed by atoms with van der Waals surface area (Å²) in [6, 6.07) is -0.539. The third kappa shape index (κ3) is 67.3. The summed E-state index contributed by atoms with van der Waals surface area (Å²) in [7, 11) is 0. The van der Waals surface area contributed by atoms with Crippen LogP contribution in [0.5, 0.6) is 0 Å². The fourth-order valence-electron chi connectivity index (χ4n) is 11.9. The van der Waals surface area contributed by atoms with Crippen LogP contribution in [0.2, 0.25) is 0 Å². The predicted octanol–water partition coefficient (Wildman–Crippen LogP) is 24.1. The van der Waals surface area contributed by atoms with Crippen LogP contribution in [-0.4, -0.2) is 47.4 Å². The van der Waals surface area contributed by atoms with Gasteiger partial charge in [-0.15, -0.1) is 0 Å². The number of carbonyl (C=O) groups excluding carboxylic acids is 2. The predicted molar refractivity (Wildman–Crippen MR) is 356 cm³/mol. The van der Waals surface area contributed by atoms with Gasteiger partial charge in [0.15, 0.2) is 0 Å². The molecule has 2 unspecified atom stereocenters. The van der Waals surface area contributed by atoms with E-state index in [1.165, 1.54) is 334 Å². The molecule has 0 aromatic heterocycles. The maximum Gasteiger partial charge on any atom is 0.305 e. The summed E-state index contributed by atoms with van der Waals surface area (Å²) < 4.78 is 5.51. The zero-order chi connectivity index (χ0) is 58.5. The van der Waals surface area contributed by atoms with Gasteiger partial charge in [-0.3, -0.25) is 9.59 Å². The largest absolute Gasteiger partial charge is 0.466 e. The zero-order valence-corrected chi connectivity index (χ0v) is 55.0.